The summed E-state index contributed by atoms with van der Waals surface area (Å²) in [7, 11) is 8.38. The van der Waals surface area contributed by atoms with Crippen molar-refractivity contribution in [2.45, 2.75) is 157 Å². The van der Waals surface area contributed by atoms with Gasteiger partial charge in [-0.15, -0.1) is 0 Å². The van der Waals surface area contributed by atoms with E-state index in [0.29, 0.717) is 24.9 Å². The summed E-state index contributed by atoms with van der Waals surface area (Å²) in [6.07, 6.45) is 16.5. The number of rotatable bonds is 23. The second-order valence-electron chi connectivity index (χ2n) is 19.5. The van der Waals surface area contributed by atoms with E-state index in [0.717, 1.165) is 44.9 Å². The molecule has 5 saturated carbocycles. The number of esters is 2. The number of carbonyl (C=O) groups is 2. The first-order chi connectivity index (χ1) is 30.0. The lowest BCUT2D eigenvalue weighted by molar-refractivity contribution is -0.321. The molecule has 6 aliphatic rings. The van der Waals surface area contributed by atoms with Crippen LogP contribution in [0.1, 0.15) is 114 Å². The smallest absolute Gasteiger partial charge is 0.338 e. The SMILES string of the molecule is CCCCCC/C=C\C=C/CCCCCCCCC(=O)O[C@]12[C@H]3[C@@H](OC(=O)c4ccccc4)[C@@](O)(C[C@H]3[C@@]34[C@@H](OC)CC(O)[C@@]5(COC)CN(C)[C@@H]3[C@@H]1[C@H](OC)[C@H]54)[C@@H](OC)[C@@H]2O. The number of ether oxygens (including phenoxy) is 6. The van der Waals surface area contributed by atoms with Crippen LogP contribution in [-0.4, -0.2) is 135 Å². The Balaban J connectivity index is 1.15. The molecule has 1 aromatic carbocycles. The lowest BCUT2D eigenvalue weighted by atomic mass is 9.42. The highest BCUT2D eigenvalue weighted by molar-refractivity contribution is 5.89. The van der Waals surface area contributed by atoms with Crippen molar-refractivity contribution >= 4 is 11.9 Å². The van der Waals surface area contributed by atoms with E-state index >= 15 is 0 Å². The summed E-state index contributed by atoms with van der Waals surface area (Å²) in [5.74, 6) is -3.54. The maximum absolute atomic E-state index is 14.5. The summed E-state index contributed by atoms with van der Waals surface area (Å²) < 4.78 is 38.5. The summed E-state index contributed by atoms with van der Waals surface area (Å²) in [5.41, 5.74) is -4.87. The van der Waals surface area contributed by atoms with Crippen LogP contribution < -0.4 is 0 Å². The van der Waals surface area contributed by atoms with Gasteiger partial charge < -0.3 is 48.6 Å². The van der Waals surface area contributed by atoms with Crippen molar-refractivity contribution in [2.75, 3.05) is 48.6 Å². The monoisotopic (exact) mass is 866 g/mol. The van der Waals surface area contributed by atoms with Gasteiger partial charge in [-0.2, -0.15) is 0 Å². The maximum Gasteiger partial charge on any atom is 0.338 e. The molecule has 346 valence electrons. The van der Waals surface area contributed by atoms with Gasteiger partial charge in [0.2, 0.25) is 0 Å². The molecule has 1 aliphatic heterocycles. The average Bonchev–Trinajstić information content (AvgIpc) is 3.66. The highest BCUT2D eigenvalue weighted by Crippen LogP contribution is 2.80. The summed E-state index contributed by atoms with van der Waals surface area (Å²) in [6, 6.07) is 8.27. The van der Waals surface area contributed by atoms with Crippen LogP contribution in [0.4, 0.5) is 0 Å². The highest BCUT2D eigenvalue weighted by atomic mass is 16.6. The molecule has 12 nitrogen and oxygen atoms in total. The third-order valence-corrected chi connectivity index (χ3v) is 16.5. The van der Waals surface area contributed by atoms with Crippen LogP contribution in [0, 0.1) is 34.5 Å². The van der Waals surface area contributed by atoms with Gasteiger partial charge in [-0.3, -0.25) is 4.79 Å². The number of piperidine rings is 1. The fraction of sp³-hybridized carbons (Fsp3) is 0.760. The minimum Gasteiger partial charge on any atom is -0.455 e. The predicted molar refractivity (Wildman–Crippen MR) is 234 cm³/mol. The molecular weight excluding hydrogens is 791 g/mol. The lowest BCUT2D eigenvalue weighted by Crippen LogP contribution is -2.81. The number of aliphatic hydroxyl groups excluding tert-OH is 2. The normalized spacial score (nSPS) is 40.4. The Bertz CT molecular complexity index is 1720. The third-order valence-electron chi connectivity index (χ3n) is 16.5. The highest BCUT2D eigenvalue weighted by Gasteiger charge is 2.92. The zero-order valence-electron chi connectivity index (χ0n) is 38.1. The van der Waals surface area contributed by atoms with Gasteiger partial charge in [-0.05, 0) is 63.6 Å². The summed E-state index contributed by atoms with van der Waals surface area (Å²) in [6.45, 7) is 2.94. The van der Waals surface area contributed by atoms with Crippen molar-refractivity contribution in [3.8, 4) is 0 Å². The van der Waals surface area contributed by atoms with Crippen LogP contribution in [0.2, 0.25) is 0 Å². The van der Waals surface area contributed by atoms with Crippen molar-refractivity contribution < 1.29 is 53.3 Å². The maximum atomic E-state index is 14.5. The number of likely N-dealkylation sites (tertiary alicyclic amines) is 1. The molecule has 0 aromatic heterocycles. The first kappa shape index (κ1) is 47.3. The van der Waals surface area contributed by atoms with E-state index in [1.165, 1.54) is 32.8 Å². The molecule has 12 heteroatoms. The molecule has 1 saturated heterocycles. The second-order valence-corrected chi connectivity index (χ2v) is 19.5. The summed E-state index contributed by atoms with van der Waals surface area (Å²) in [5, 5.41) is 38.2. The molecule has 3 N–H and O–H groups in total. The number of allylic oxidation sites excluding steroid dienone is 4. The van der Waals surface area contributed by atoms with Crippen molar-refractivity contribution in [2.24, 2.45) is 34.5 Å². The number of fused-ring (bicyclic) bond motifs is 2. The number of aliphatic hydroxyl groups is 3. The zero-order valence-corrected chi connectivity index (χ0v) is 38.1. The van der Waals surface area contributed by atoms with Gasteiger partial charge in [0.25, 0.3) is 0 Å². The second kappa shape index (κ2) is 19.8. The standard InChI is InChI=1S/C50H75NO11/c1-7-8-9-10-11-12-13-14-15-16-17-18-19-20-21-25-28-37(53)62-50-38-34(30-48(56,45(60-6)43(50)54)44(38)61-46(55)33-26-23-22-24-27-33)49-36(58-4)29-35(52)47(32-57-3)31-51(2)42(49)39(50)40(59-5)41(47)49/h12-15,22-24,26-27,34-36,38-45,52,54,56H,7-11,16-21,25,28-32H2,1-6H3/b13-12-,15-14-/t34-,35?,36+,38-,39+,40+,41-,42-,43+,44-,45+,47+,48+,49+,50-/m1/s1. The Labute approximate surface area is 369 Å². The Morgan fingerprint density at radius 3 is 2.13 bits per heavy atom. The van der Waals surface area contributed by atoms with Gasteiger partial charge in [0.15, 0.2) is 5.60 Å². The van der Waals surface area contributed by atoms with Crippen LogP contribution in [0.25, 0.3) is 0 Å². The van der Waals surface area contributed by atoms with Gasteiger partial charge in [0.05, 0.1) is 30.5 Å². The van der Waals surface area contributed by atoms with Crippen molar-refractivity contribution in [3.05, 3.63) is 60.2 Å². The van der Waals surface area contributed by atoms with E-state index in [4.69, 9.17) is 28.4 Å². The average molecular weight is 866 g/mol. The fourth-order valence-electron chi connectivity index (χ4n) is 14.5. The first-order valence-corrected chi connectivity index (χ1v) is 23.6. The number of benzene rings is 1. The molecule has 62 heavy (non-hydrogen) atoms. The van der Waals surface area contributed by atoms with Gasteiger partial charge >= 0.3 is 11.9 Å². The Morgan fingerprint density at radius 1 is 0.839 bits per heavy atom. The fourth-order valence-corrected chi connectivity index (χ4v) is 14.5. The Morgan fingerprint density at radius 2 is 1.50 bits per heavy atom. The van der Waals surface area contributed by atoms with Gasteiger partial charge in [0.1, 0.15) is 23.9 Å². The number of carbonyl (C=O) groups excluding carboxylic acids is 2. The Kier molecular flexibility index (Phi) is 15.1. The zero-order chi connectivity index (χ0) is 44.3. The molecule has 1 heterocycles. The van der Waals surface area contributed by atoms with E-state index < -0.39 is 88.3 Å². The quantitative estimate of drug-likeness (QED) is 0.0631. The van der Waals surface area contributed by atoms with E-state index in [-0.39, 0.29) is 31.4 Å². The van der Waals surface area contributed by atoms with E-state index in [1.54, 1.807) is 45.6 Å². The topological polar surface area (TPSA) is 153 Å². The van der Waals surface area contributed by atoms with Crippen LogP contribution >= 0.6 is 0 Å². The minimum absolute atomic E-state index is 0.0773. The van der Waals surface area contributed by atoms with Crippen LogP contribution in [-0.2, 0) is 33.2 Å². The minimum atomic E-state index is -1.85. The number of hydrogen-bond donors (Lipinski definition) is 3. The Hall–Kier alpha value is -2.68. The number of hydrogen-bond acceptors (Lipinski definition) is 12. The number of nitrogens with zero attached hydrogens (tertiary/aromatic N) is 1. The molecule has 6 fully saturated rings. The largest absolute Gasteiger partial charge is 0.455 e. The molecule has 5 aliphatic carbocycles. The van der Waals surface area contributed by atoms with Crippen molar-refractivity contribution in [1.82, 2.24) is 4.90 Å². The molecule has 1 unspecified atom stereocenters. The lowest BCUT2D eigenvalue weighted by Gasteiger charge is -2.70. The van der Waals surface area contributed by atoms with Crippen LogP contribution in [0.3, 0.4) is 0 Å². The third kappa shape index (κ3) is 7.63. The summed E-state index contributed by atoms with van der Waals surface area (Å²) >= 11 is 0. The van der Waals surface area contributed by atoms with E-state index in [1.807, 2.05) is 13.1 Å². The summed E-state index contributed by atoms with van der Waals surface area (Å²) in [4.78, 5) is 30.8. The van der Waals surface area contributed by atoms with E-state index in [9.17, 15) is 24.9 Å². The molecule has 7 bridgehead atoms. The number of unbranched alkanes of at least 4 members (excludes halogenated alkanes) is 10. The molecule has 0 amide bonds. The molecular formula is C50H75NO11. The van der Waals surface area contributed by atoms with Crippen LogP contribution in [0.5, 0.6) is 0 Å². The molecule has 1 spiro atoms. The molecule has 15 atom stereocenters. The van der Waals surface area contributed by atoms with Crippen molar-refractivity contribution in [3.63, 3.8) is 0 Å². The number of methoxy groups -OCH3 is 4. The van der Waals surface area contributed by atoms with Gasteiger partial charge in [0, 0.05) is 82.5 Å². The van der Waals surface area contributed by atoms with Gasteiger partial charge in [-0.1, -0.05) is 94.4 Å². The molecule has 7 rings (SSSR count). The van der Waals surface area contributed by atoms with Crippen molar-refractivity contribution in [1.29, 1.82) is 0 Å². The molecule has 1 aromatic rings. The first-order valence-electron chi connectivity index (χ1n) is 23.6. The van der Waals surface area contributed by atoms with Crippen LogP contribution in [0.15, 0.2) is 54.6 Å². The van der Waals surface area contributed by atoms with E-state index in [2.05, 4.69) is 36.1 Å². The predicted octanol–water partition coefficient (Wildman–Crippen LogP) is 6.44. The molecule has 0 radical (unpaired) electrons. The van der Waals surface area contributed by atoms with Gasteiger partial charge in [-0.25, -0.2) is 4.79 Å².